The molecular formula is C19H23N3O5S. The molecule has 2 aliphatic rings. The van der Waals surface area contributed by atoms with Gasteiger partial charge >= 0.3 is 12.0 Å². The Morgan fingerprint density at radius 3 is 2.82 bits per heavy atom. The largest absolute Gasteiger partial charge is 0.454 e. The molecule has 0 saturated carbocycles. The average molecular weight is 405 g/mol. The molecule has 9 heteroatoms. The number of ether oxygens (including phenoxy) is 1. The number of carbonyl (C=O) groups excluding carboxylic acids is 4. The lowest BCUT2D eigenvalue weighted by atomic mass is 10.1. The number of nitrogens with zero attached hydrogens (tertiary/aromatic N) is 1. The van der Waals surface area contributed by atoms with E-state index in [1.807, 2.05) is 26.8 Å². The summed E-state index contributed by atoms with van der Waals surface area (Å²) < 4.78 is 5.05. The molecule has 0 unspecified atom stereocenters. The highest BCUT2D eigenvalue weighted by Crippen LogP contribution is 2.47. The van der Waals surface area contributed by atoms with E-state index in [1.165, 1.54) is 0 Å². The molecule has 3 rings (SSSR count). The minimum atomic E-state index is -0.739. The fourth-order valence-corrected chi connectivity index (χ4v) is 4.85. The summed E-state index contributed by atoms with van der Waals surface area (Å²) in [6.07, 6.45) is 1.10. The van der Waals surface area contributed by atoms with Gasteiger partial charge in [-0.2, -0.15) is 0 Å². The second kappa shape index (κ2) is 7.83. The molecule has 1 aromatic carbocycles. The van der Waals surface area contributed by atoms with Gasteiger partial charge in [-0.1, -0.05) is 12.1 Å². The molecule has 28 heavy (non-hydrogen) atoms. The lowest BCUT2D eigenvalue weighted by Gasteiger charge is -2.29. The van der Waals surface area contributed by atoms with Gasteiger partial charge in [-0.15, -0.1) is 11.8 Å². The van der Waals surface area contributed by atoms with Crippen LogP contribution in [0.25, 0.3) is 0 Å². The summed E-state index contributed by atoms with van der Waals surface area (Å²) in [6, 6.07) is 4.05. The van der Waals surface area contributed by atoms with E-state index in [-0.39, 0.29) is 10.8 Å². The van der Waals surface area contributed by atoms with Gasteiger partial charge in [0.25, 0.3) is 5.91 Å². The Bertz CT molecular complexity index is 843. The van der Waals surface area contributed by atoms with Crippen molar-refractivity contribution in [2.45, 2.75) is 44.5 Å². The minimum absolute atomic E-state index is 0.0770. The van der Waals surface area contributed by atoms with E-state index in [1.54, 1.807) is 28.8 Å². The van der Waals surface area contributed by atoms with E-state index in [2.05, 4.69) is 10.6 Å². The van der Waals surface area contributed by atoms with Crippen molar-refractivity contribution in [2.75, 3.05) is 17.7 Å². The number of hydrogen-bond donors (Lipinski definition) is 2. The second-order valence-corrected chi connectivity index (χ2v) is 8.62. The first-order valence-electron chi connectivity index (χ1n) is 9.01. The molecule has 2 aliphatic heterocycles. The van der Waals surface area contributed by atoms with Crippen molar-refractivity contribution < 1.29 is 23.9 Å². The standard InChI is InChI=1S/C19H23N3O5S/c1-11-5-4-6-13(12(11)2)20-18(26)21-15(23)9-27-17(25)14-10-28-19(3)8-7-16(24)22(14)19/h4-6,14H,7-10H2,1-3H3,(H2,20,21,23,26)/t14-,19-/m1/s1. The highest BCUT2D eigenvalue weighted by Gasteiger charge is 2.53. The SMILES string of the molecule is Cc1cccc(NC(=O)NC(=O)COC(=O)[C@H]2CS[C@]3(C)CCC(=O)N23)c1C. The quantitative estimate of drug-likeness (QED) is 0.742. The second-order valence-electron chi connectivity index (χ2n) is 7.12. The molecule has 2 heterocycles. The molecule has 2 atom stereocenters. The lowest BCUT2D eigenvalue weighted by molar-refractivity contribution is -0.156. The zero-order chi connectivity index (χ0) is 20.5. The predicted molar refractivity (Wildman–Crippen MR) is 105 cm³/mol. The average Bonchev–Trinajstić information content (AvgIpc) is 3.13. The number of carbonyl (C=O) groups is 4. The Labute approximate surface area is 167 Å². The maximum absolute atomic E-state index is 12.3. The minimum Gasteiger partial charge on any atom is -0.454 e. The van der Waals surface area contributed by atoms with E-state index >= 15 is 0 Å². The number of urea groups is 1. The molecule has 0 spiro atoms. The fourth-order valence-electron chi connectivity index (χ4n) is 3.43. The number of thioether (sulfide) groups is 1. The first-order valence-corrected chi connectivity index (χ1v) is 9.99. The third-order valence-electron chi connectivity index (χ3n) is 5.17. The van der Waals surface area contributed by atoms with Crippen LogP contribution in [0.4, 0.5) is 10.5 Å². The Kier molecular flexibility index (Phi) is 5.64. The van der Waals surface area contributed by atoms with Crippen molar-refractivity contribution in [3.8, 4) is 0 Å². The maximum atomic E-state index is 12.3. The van der Waals surface area contributed by atoms with Crippen molar-refractivity contribution in [1.29, 1.82) is 0 Å². The number of imide groups is 1. The van der Waals surface area contributed by atoms with Gasteiger partial charge in [0.15, 0.2) is 6.61 Å². The van der Waals surface area contributed by atoms with Crippen molar-refractivity contribution in [2.24, 2.45) is 0 Å². The van der Waals surface area contributed by atoms with Gasteiger partial charge in [-0.25, -0.2) is 9.59 Å². The normalized spacial score (nSPS) is 23.3. The van der Waals surface area contributed by atoms with Crippen LogP contribution in [0.5, 0.6) is 0 Å². The van der Waals surface area contributed by atoms with E-state index in [9.17, 15) is 19.2 Å². The van der Waals surface area contributed by atoms with Gasteiger partial charge in [-0.3, -0.25) is 14.9 Å². The number of benzene rings is 1. The Hall–Kier alpha value is -2.55. The molecule has 0 bridgehead atoms. The maximum Gasteiger partial charge on any atom is 0.330 e. The molecule has 150 valence electrons. The number of hydrogen-bond acceptors (Lipinski definition) is 6. The van der Waals surface area contributed by atoms with Crippen molar-refractivity contribution in [3.05, 3.63) is 29.3 Å². The van der Waals surface area contributed by atoms with Crippen LogP contribution >= 0.6 is 11.8 Å². The molecule has 2 N–H and O–H groups in total. The number of amides is 4. The van der Waals surface area contributed by atoms with Gasteiger partial charge in [-0.05, 0) is 44.4 Å². The highest BCUT2D eigenvalue weighted by atomic mass is 32.2. The Morgan fingerprint density at radius 2 is 2.07 bits per heavy atom. The molecule has 2 saturated heterocycles. The van der Waals surface area contributed by atoms with Crippen LogP contribution in [0.1, 0.15) is 30.9 Å². The number of anilines is 1. The monoisotopic (exact) mass is 405 g/mol. The van der Waals surface area contributed by atoms with Gasteiger partial charge in [0.05, 0.1) is 4.87 Å². The molecule has 0 aromatic heterocycles. The smallest absolute Gasteiger partial charge is 0.330 e. The zero-order valence-corrected chi connectivity index (χ0v) is 16.9. The summed E-state index contributed by atoms with van der Waals surface area (Å²) >= 11 is 1.54. The van der Waals surface area contributed by atoms with Crippen LogP contribution in [0.3, 0.4) is 0 Å². The van der Waals surface area contributed by atoms with Crippen LogP contribution in [-0.4, -0.2) is 52.0 Å². The molecular weight excluding hydrogens is 382 g/mol. The fraction of sp³-hybridized carbons (Fsp3) is 0.474. The van der Waals surface area contributed by atoms with Gasteiger partial charge in [0.1, 0.15) is 6.04 Å². The van der Waals surface area contributed by atoms with Crippen molar-refractivity contribution >= 4 is 41.3 Å². The van der Waals surface area contributed by atoms with Crippen LogP contribution in [0.15, 0.2) is 18.2 Å². The number of nitrogens with one attached hydrogen (secondary N) is 2. The highest BCUT2D eigenvalue weighted by molar-refractivity contribution is 8.01. The number of esters is 1. The van der Waals surface area contributed by atoms with Crippen molar-refractivity contribution in [1.82, 2.24) is 10.2 Å². The van der Waals surface area contributed by atoms with Gasteiger partial charge in [0, 0.05) is 17.9 Å². The number of rotatable bonds is 4. The van der Waals surface area contributed by atoms with Crippen LogP contribution in [0, 0.1) is 13.8 Å². The Balaban J connectivity index is 1.49. The van der Waals surface area contributed by atoms with Crippen LogP contribution in [-0.2, 0) is 19.1 Å². The number of aryl methyl sites for hydroxylation is 1. The summed E-state index contributed by atoms with van der Waals surface area (Å²) in [5.41, 5.74) is 2.50. The third kappa shape index (κ3) is 3.99. The van der Waals surface area contributed by atoms with Crippen LogP contribution in [0.2, 0.25) is 0 Å². The first kappa shape index (κ1) is 20.2. The van der Waals surface area contributed by atoms with Crippen LogP contribution < -0.4 is 10.6 Å². The summed E-state index contributed by atoms with van der Waals surface area (Å²) in [5.74, 6) is -1.00. The summed E-state index contributed by atoms with van der Waals surface area (Å²) in [5, 5.41) is 4.73. The lowest BCUT2D eigenvalue weighted by Crippen LogP contribution is -2.47. The number of fused-ring (bicyclic) bond motifs is 1. The zero-order valence-electron chi connectivity index (χ0n) is 16.0. The summed E-state index contributed by atoms with van der Waals surface area (Å²) in [7, 11) is 0. The Morgan fingerprint density at radius 1 is 1.32 bits per heavy atom. The van der Waals surface area contributed by atoms with E-state index < -0.39 is 30.6 Å². The molecule has 8 nitrogen and oxygen atoms in total. The molecule has 0 aliphatic carbocycles. The first-order chi connectivity index (χ1) is 13.2. The van der Waals surface area contributed by atoms with E-state index in [0.717, 1.165) is 11.1 Å². The topological polar surface area (TPSA) is 105 Å². The van der Waals surface area contributed by atoms with Crippen molar-refractivity contribution in [3.63, 3.8) is 0 Å². The van der Waals surface area contributed by atoms with Gasteiger partial charge in [0.2, 0.25) is 5.91 Å². The third-order valence-corrected chi connectivity index (χ3v) is 6.67. The summed E-state index contributed by atoms with van der Waals surface area (Å²) in [6.45, 7) is 5.13. The molecule has 2 fully saturated rings. The van der Waals surface area contributed by atoms with E-state index in [4.69, 9.17) is 4.74 Å². The predicted octanol–water partition coefficient (Wildman–Crippen LogP) is 1.95. The molecule has 0 radical (unpaired) electrons. The molecule has 4 amide bonds. The van der Waals surface area contributed by atoms with E-state index in [0.29, 0.717) is 24.3 Å². The summed E-state index contributed by atoms with van der Waals surface area (Å²) in [4.78, 5) is 49.5. The van der Waals surface area contributed by atoms with Gasteiger partial charge < -0.3 is 15.0 Å². The molecule has 1 aromatic rings.